The summed E-state index contributed by atoms with van der Waals surface area (Å²) >= 11 is 5.95. The van der Waals surface area contributed by atoms with Crippen molar-refractivity contribution in [1.82, 2.24) is 4.90 Å². The van der Waals surface area contributed by atoms with E-state index in [-0.39, 0.29) is 18.4 Å². The Labute approximate surface area is 158 Å². The minimum Gasteiger partial charge on any atom is -0.337 e. The molecular formula is C20H19Cl2N3. The van der Waals surface area contributed by atoms with Gasteiger partial charge in [-0.2, -0.15) is 0 Å². The fraction of sp³-hybridized carbons (Fsp3) is 0.150. The number of fused-ring (bicyclic) bond motifs is 1. The van der Waals surface area contributed by atoms with E-state index in [2.05, 4.69) is 59.7 Å². The fourth-order valence-corrected chi connectivity index (χ4v) is 3.32. The first-order valence-electron chi connectivity index (χ1n) is 8.00. The van der Waals surface area contributed by atoms with E-state index in [1.807, 2.05) is 24.3 Å². The summed E-state index contributed by atoms with van der Waals surface area (Å²) in [6.07, 6.45) is 0. The second-order valence-electron chi connectivity index (χ2n) is 5.99. The molecule has 3 aromatic rings. The smallest absolute Gasteiger partial charge is 0.198 e. The van der Waals surface area contributed by atoms with Crippen LogP contribution in [-0.4, -0.2) is 24.5 Å². The van der Waals surface area contributed by atoms with E-state index in [4.69, 9.17) is 16.6 Å². The molecule has 4 rings (SSSR count). The number of aliphatic imine (C=N–C) groups is 1. The molecule has 25 heavy (non-hydrogen) atoms. The summed E-state index contributed by atoms with van der Waals surface area (Å²) < 4.78 is 0. The summed E-state index contributed by atoms with van der Waals surface area (Å²) in [5, 5.41) is 6.67. The number of rotatable bonds is 2. The lowest BCUT2D eigenvalue weighted by atomic mass is 9.98. The highest BCUT2D eigenvalue weighted by Gasteiger charge is 2.27. The zero-order valence-electron chi connectivity index (χ0n) is 13.8. The highest BCUT2D eigenvalue weighted by atomic mass is 35.5. The minimum atomic E-state index is 0. The summed E-state index contributed by atoms with van der Waals surface area (Å²) in [4.78, 5) is 6.90. The Hall–Kier alpha value is -2.23. The normalized spacial score (nSPS) is 16.5. The van der Waals surface area contributed by atoms with E-state index < -0.39 is 0 Å². The van der Waals surface area contributed by atoms with E-state index in [0.29, 0.717) is 0 Å². The molecule has 1 aliphatic heterocycles. The van der Waals surface area contributed by atoms with Crippen molar-refractivity contribution in [1.29, 1.82) is 0 Å². The monoisotopic (exact) mass is 371 g/mol. The quantitative estimate of drug-likeness (QED) is 0.655. The average Bonchev–Trinajstić information content (AvgIpc) is 2.97. The van der Waals surface area contributed by atoms with Gasteiger partial charge in [0.1, 0.15) is 0 Å². The highest BCUT2D eigenvalue weighted by Crippen LogP contribution is 2.31. The van der Waals surface area contributed by atoms with Gasteiger partial charge in [-0.3, -0.25) is 4.99 Å². The molecule has 0 amide bonds. The van der Waals surface area contributed by atoms with Gasteiger partial charge in [0.05, 0.1) is 12.6 Å². The lowest BCUT2D eigenvalue weighted by molar-refractivity contribution is 0.419. The van der Waals surface area contributed by atoms with Crippen molar-refractivity contribution in [2.24, 2.45) is 4.99 Å². The van der Waals surface area contributed by atoms with Crippen LogP contribution in [0.25, 0.3) is 10.8 Å². The van der Waals surface area contributed by atoms with E-state index in [1.54, 1.807) is 0 Å². The summed E-state index contributed by atoms with van der Waals surface area (Å²) in [6, 6.07) is 22.9. The van der Waals surface area contributed by atoms with E-state index >= 15 is 0 Å². The Bertz CT molecular complexity index is 901. The molecule has 1 heterocycles. The van der Waals surface area contributed by atoms with Crippen LogP contribution in [-0.2, 0) is 0 Å². The predicted molar refractivity (Wildman–Crippen MR) is 109 cm³/mol. The van der Waals surface area contributed by atoms with E-state index in [0.717, 1.165) is 23.2 Å². The molecule has 1 aliphatic rings. The summed E-state index contributed by atoms with van der Waals surface area (Å²) in [5.74, 6) is 0.884. The fourth-order valence-electron chi connectivity index (χ4n) is 3.19. The van der Waals surface area contributed by atoms with Gasteiger partial charge in [0.15, 0.2) is 5.96 Å². The van der Waals surface area contributed by atoms with E-state index in [1.165, 1.54) is 16.3 Å². The van der Waals surface area contributed by atoms with Crippen LogP contribution in [0.4, 0.5) is 5.69 Å². The number of halogens is 2. The first-order chi connectivity index (χ1) is 11.7. The zero-order valence-corrected chi connectivity index (χ0v) is 15.4. The molecule has 0 bridgehead atoms. The molecule has 0 aromatic heterocycles. The molecule has 0 spiro atoms. The van der Waals surface area contributed by atoms with Gasteiger partial charge in [0.2, 0.25) is 0 Å². The molecule has 128 valence electrons. The molecule has 0 radical (unpaired) electrons. The van der Waals surface area contributed by atoms with Crippen molar-refractivity contribution >= 4 is 46.4 Å². The lowest BCUT2D eigenvalue weighted by Crippen LogP contribution is -2.31. The maximum atomic E-state index is 5.95. The number of anilines is 1. The summed E-state index contributed by atoms with van der Waals surface area (Å²) in [7, 11) is 2.08. The van der Waals surface area contributed by atoms with Gasteiger partial charge in [-0.25, -0.2) is 0 Å². The second kappa shape index (κ2) is 7.34. The van der Waals surface area contributed by atoms with Crippen LogP contribution in [0.1, 0.15) is 11.6 Å². The number of nitrogens with zero attached hydrogens (tertiary/aromatic N) is 2. The van der Waals surface area contributed by atoms with Gasteiger partial charge in [0, 0.05) is 17.8 Å². The number of benzene rings is 3. The van der Waals surface area contributed by atoms with Gasteiger partial charge in [-0.05, 0) is 40.6 Å². The van der Waals surface area contributed by atoms with Crippen LogP contribution in [0.2, 0.25) is 5.02 Å². The molecule has 1 atom stereocenters. The average molecular weight is 372 g/mol. The van der Waals surface area contributed by atoms with Gasteiger partial charge in [-0.15, -0.1) is 12.4 Å². The molecular weight excluding hydrogens is 353 g/mol. The highest BCUT2D eigenvalue weighted by molar-refractivity contribution is 6.30. The first kappa shape index (κ1) is 17.6. The van der Waals surface area contributed by atoms with Crippen molar-refractivity contribution < 1.29 is 0 Å². The van der Waals surface area contributed by atoms with Gasteiger partial charge in [0.25, 0.3) is 0 Å². The molecule has 3 aromatic carbocycles. The summed E-state index contributed by atoms with van der Waals surface area (Å²) in [6.45, 7) is 0.750. The van der Waals surface area contributed by atoms with Gasteiger partial charge < -0.3 is 10.2 Å². The standard InChI is InChI=1S/C20H18ClN3.ClH/c1-24-19(18-8-4-6-14-5-2-3-7-17(14)18)13-22-20(24)23-16-11-9-15(21)10-12-16;/h2-12,19H,13H2,1H3,(H,22,23);1H. The van der Waals surface area contributed by atoms with Crippen LogP contribution in [0, 0.1) is 0 Å². The van der Waals surface area contributed by atoms with Crippen molar-refractivity contribution in [2.75, 3.05) is 18.9 Å². The number of hydrogen-bond donors (Lipinski definition) is 1. The number of likely N-dealkylation sites (N-methyl/N-ethyl adjacent to an activating group) is 1. The summed E-state index contributed by atoms with van der Waals surface area (Å²) in [5.41, 5.74) is 2.30. The van der Waals surface area contributed by atoms with Gasteiger partial charge >= 0.3 is 0 Å². The van der Waals surface area contributed by atoms with Crippen LogP contribution in [0.3, 0.4) is 0 Å². The minimum absolute atomic E-state index is 0. The van der Waals surface area contributed by atoms with Gasteiger partial charge in [-0.1, -0.05) is 54.1 Å². The van der Waals surface area contributed by atoms with Crippen LogP contribution in [0.5, 0.6) is 0 Å². The topological polar surface area (TPSA) is 27.6 Å². The molecule has 0 aliphatic carbocycles. The Morgan fingerprint density at radius 2 is 1.72 bits per heavy atom. The van der Waals surface area contributed by atoms with Crippen LogP contribution >= 0.6 is 24.0 Å². The van der Waals surface area contributed by atoms with Crippen molar-refractivity contribution in [3.05, 3.63) is 77.3 Å². The maximum Gasteiger partial charge on any atom is 0.198 e. The Balaban J connectivity index is 0.00000182. The lowest BCUT2D eigenvalue weighted by Gasteiger charge is -2.25. The Morgan fingerprint density at radius 1 is 1.00 bits per heavy atom. The van der Waals surface area contributed by atoms with Crippen molar-refractivity contribution in [3.8, 4) is 0 Å². The Kier molecular flexibility index (Phi) is 5.16. The second-order valence-corrected chi connectivity index (χ2v) is 6.43. The third-order valence-corrected chi connectivity index (χ3v) is 4.75. The Morgan fingerprint density at radius 3 is 2.52 bits per heavy atom. The number of guanidine groups is 1. The SMILES string of the molecule is CN1C(Nc2ccc(Cl)cc2)=NCC1c1cccc2ccccc12.Cl. The van der Waals surface area contributed by atoms with Crippen molar-refractivity contribution in [3.63, 3.8) is 0 Å². The first-order valence-corrected chi connectivity index (χ1v) is 8.38. The maximum absolute atomic E-state index is 5.95. The van der Waals surface area contributed by atoms with Crippen molar-refractivity contribution in [2.45, 2.75) is 6.04 Å². The molecule has 0 fully saturated rings. The molecule has 1 unspecified atom stereocenters. The largest absolute Gasteiger partial charge is 0.337 e. The molecule has 5 heteroatoms. The predicted octanol–water partition coefficient (Wildman–Crippen LogP) is 5.37. The van der Waals surface area contributed by atoms with E-state index in [9.17, 15) is 0 Å². The zero-order chi connectivity index (χ0) is 16.5. The molecule has 3 nitrogen and oxygen atoms in total. The molecule has 0 saturated carbocycles. The molecule has 0 saturated heterocycles. The third-order valence-electron chi connectivity index (χ3n) is 4.50. The third kappa shape index (κ3) is 3.44. The number of nitrogens with one attached hydrogen (secondary N) is 1. The number of hydrogen-bond acceptors (Lipinski definition) is 3. The van der Waals surface area contributed by atoms with Crippen LogP contribution in [0.15, 0.2) is 71.7 Å². The molecule has 1 N–H and O–H groups in total. The van der Waals surface area contributed by atoms with Crippen LogP contribution < -0.4 is 5.32 Å².